The summed E-state index contributed by atoms with van der Waals surface area (Å²) in [5.41, 5.74) is 2.00. The second kappa shape index (κ2) is 9.96. The third kappa shape index (κ3) is 6.31. The van der Waals surface area contributed by atoms with Crippen LogP contribution in [0.2, 0.25) is 0 Å². The molecule has 0 bridgehead atoms. The van der Waals surface area contributed by atoms with E-state index in [1.807, 2.05) is 24.3 Å². The van der Waals surface area contributed by atoms with Gasteiger partial charge in [-0.3, -0.25) is 0 Å². The number of alkyl halides is 5. The van der Waals surface area contributed by atoms with E-state index in [1.165, 1.54) is 23.8 Å². The fraction of sp³-hybridized carbons (Fsp3) is 0.348. The van der Waals surface area contributed by atoms with Crippen LogP contribution in [0, 0.1) is 3.57 Å². The van der Waals surface area contributed by atoms with Crippen molar-refractivity contribution in [2.45, 2.75) is 26.6 Å². The number of rotatable bonds is 8. The molecular formula is C23H26F3IN2O. The van der Waals surface area contributed by atoms with Crippen molar-refractivity contribution >= 4 is 37.5 Å². The van der Waals surface area contributed by atoms with Gasteiger partial charge in [0.2, 0.25) is 0 Å². The molecule has 1 aliphatic rings. The molecule has 0 atom stereocenters. The van der Waals surface area contributed by atoms with Crippen molar-refractivity contribution in [2.75, 3.05) is 27.3 Å². The summed E-state index contributed by atoms with van der Waals surface area (Å²) in [5.74, 6) is -0.295. The summed E-state index contributed by atoms with van der Waals surface area (Å²) in [7, 11) is 0. The summed E-state index contributed by atoms with van der Waals surface area (Å²) in [6.07, 6.45) is -1.30. The summed E-state index contributed by atoms with van der Waals surface area (Å²) >= 11 is -1.44. The molecule has 30 heavy (non-hydrogen) atoms. The first-order valence-corrected chi connectivity index (χ1v) is 14.1. The SMILES string of the molecule is CCN(CC)Cc1ccc(NC(=O)/C=C/c2ccc(C(F)(F)F)cc2I2CC2)cc1. The van der Waals surface area contributed by atoms with E-state index in [2.05, 4.69) is 24.1 Å². The van der Waals surface area contributed by atoms with E-state index in [4.69, 9.17) is 0 Å². The van der Waals surface area contributed by atoms with Crippen LogP contribution in [0.3, 0.4) is 0 Å². The monoisotopic (exact) mass is 530 g/mol. The summed E-state index contributed by atoms with van der Waals surface area (Å²) in [6.45, 7) is 7.08. The van der Waals surface area contributed by atoms with E-state index in [0.29, 0.717) is 5.69 Å². The first kappa shape index (κ1) is 22.8. The Labute approximate surface area is 182 Å². The van der Waals surface area contributed by atoms with Crippen molar-refractivity contribution in [2.24, 2.45) is 0 Å². The molecule has 1 N–H and O–H groups in total. The number of nitrogens with one attached hydrogen (secondary N) is 1. The molecule has 1 fully saturated rings. The first-order valence-electron chi connectivity index (χ1n) is 9.93. The number of amides is 1. The van der Waals surface area contributed by atoms with Crippen molar-refractivity contribution in [3.8, 4) is 0 Å². The van der Waals surface area contributed by atoms with Gasteiger partial charge in [0.05, 0.1) is 0 Å². The van der Waals surface area contributed by atoms with Crippen molar-refractivity contribution in [3.63, 3.8) is 0 Å². The van der Waals surface area contributed by atoms with Crippen molar-refractivity contribution < 1.29 is 18.0 Å². The minimum atomic E-state index is -4.34. The Hall–Kier alpha value is -1.87. The van der Waals surface area contributed by atoms with Crippen molar-refractivity contribution in [1.82, 2.24) is 4.90 Å². The van der Waals surface area contributed by atoms with Gasteiger partial charge in [0, 0.05) is 0 Å². The van der Waals surface area contributed by atoms with Crippen LogP contribution in [-0.2, 0) is 17.5 Å². The van der Waals surface area contributed by atoms with Gasteiger partial charge < -0.3 is 0 Å². The predicted molar refractivity (Wildman–Crippen MR) is 125 cm³/mol. The molecule has 1 heterocycles. The molecule has 0 aromatic heterocycles. The summed E-state index contributed by atoms with van der Waals surface area (Å²) in [5, 5.41) is 2.81. The van der Waals surface area contributed by atoms with Crippen molar-refractivity contribution in [3.05, 3.63) is 68.8 Å². The van der Waals surface area contributed by atoms with Gasteiger partial charge in [-0.05, 0) is 13.1 Å². The number of carbonyl (C=O) groups excluding carboxylic acids is 1. The molecule has 2 aromatic rings. The quantitative estimate of drug-likeness (QED) is 0.263. The summed E-state index contributed by atoms with van der Waals surface area (Å²) < 4.78 is 41.9. The van der Waals surface area contributed by atoms with Crippen molar-refractivity contribution in [1.29, 1.82) is 0 Å². The van der Waals surface area contributed by atoms with E-state index in [9.17, 15) is 18.0 Å². The Kier molecular flexibility index (Phi) is 7.57. The Morgan fingerprint density at radius 2 is 1.77 bits per heavy atom. The second-order valence-corrected chi connectivity index (χ2v) is 13.0. The maximum atomic E-state index is 13.0. The number of anilines is 1. The maximum absolute atomic E-state index is 13.0. The van der Waals surface area contributed by atoms with Gasteiger partial charge in [0.1, 0.15) is 0 Å². The van der Waals surface area contributed by atoms with E-state index in [-0.39, 0.29) is 5.91 Å². The average molecular weight is 530 g/mol. The van der Waals surface area contributed by atoms with Crippen LogP contribution in [0.1, 0.15) is 30.5 Å². The zero-order valence-electron chi connectivity index (χ0n) is 17.1. The van der Waals surface area contributed by atoms with Gasteiger partial charge in [0.15, 0.2) is 0 Å². The Bertz CT molecular complexity index is 902. The van der Waals surface area contributed by atoms with Crippen LogP contribution >= 0.6 is 19.8 Å². The van der Waals surface area contributed by atoms with Crippen LogP contribution in [0.15, 0.2) is 48.5 Å². The molecule has 1 amide bonds. The molecule has 0 unspecified atom stereocenters. The predicted octanol–water partition coefficient (Wildman–Crippen LogP) is 5.89. The van der Waals surface area contributed by atoms with Gasteiger partial charge in [-0.2, -0.15) is 0 Å². The molecule has 1 saturated heterocycles. The molecule has 0 aliphatic carbocycles. The molecule has 3 nitrogen and oxygen atoms in total. The number of halogens is 4. The molecule has 0 radical (unpaired) electrons. The number of nitrogens with zero attached hydrogens (tertiary/aromatic N) is 1. The fourth-order valence-electron chi connectivity index (χ4n) is 3.06. The normalized spacial score (nSPS) is 15.1. The van der Waals surface area contributed by atoms with Crippen LogP contribution in [-0.4, -0.2) is 32.8 Å². The molecule has 0 spiro atoms. The zero-order valence-corrected chi connectivity index (χ0v) is 19.3. The minimum absolute atomic E-state index is 0.295. The number of hydrogen-bond donors (Lipinski definition) is 1. The molecular weight excluding hydrogens is 504 g/mol. The van der Waals surface area contributed by atoms with E-state index in [1.54, 1.807) is 6.08 Å². The zero-order chi connectivity index (χ0) is 21.7. The van der Waals surface area contributed by atoms with Gasteiger partial charge in [-0.15, -0.1) is 0 Å². The third-order valence-electron chi connectivity index (χ3n) is 4.93. The Balaban J connectivity index is 1.65. The van der Waals surface area contributed by atoms with Gasteiger partial charge >= 0.3 is 156 Å². The van der Waals surface area contributed by atoms with Crippen LogP contribution < -0.4 is 5.32 Å². The van der Waals surface area contributed by atoms with E-state index >= 15 is 0 Å². The second-order valence-electron chi connectivity index (χ2n) is 7.05. The average Bonchev–Trinajstić information content (AvgIpc) is 3.56. The topological polar surface area (TPSA) is 32.3 Å². The van der Waals surface area contributed by atoms with E-state index in [0.717, 1.165) is 43.7 Å². The van der Waals surface area contributed by atoms with Gasteiger partial charge in [-0.25, -0.2) is 0 Å². The number of carbonyl (C=O) groups is 1. The standard InChI is InChI=1S/C23H26F3IN2O/c1-3-29(4-2)16-17-5-10-20(11-6-17)28-22(30)12-8-18-7-9-19(23(24,25)26)15-21(18)27-13-14-27/h5-12,15H,3-4,13-14,16H2,1-2H3,(H,28,30)/b12-8+. The van der Waals surface area contributed by atoms with Gasteiger partial charge in [0.25, 0.3) is 0 Å². The van der Waals surface area contributed by atoms with Crippen LogP contribution in [0.4, 0.5) is 18.9 Å². The first-order chi connectivity index (χ1) is 14.3. The van der Waals surface area contributed by atoms with E-state index < -0.39 is 31.6 Å². The molecule has 162 valence electrons. The Morgan fingerprint density at radius 1 is 1.10 bits per heavy atom. The summed E-state index contributed by atoms with van der Waals surface area (Å²) in [4.78, 5) is 14.6. The third-order valence-corrected chi connectivity index (χ3v) is 9.67. The van der Waals surface area contributed by atoms with Crippen LogP contribution in [0.5, 0.6) is 0 Å². The number of hydrogen-bond acceptors (Lipinski definition) is 2. The molecule has 1 aliphatic heterocycles. The molecule has 2 aromatic carbocycles. The van der Waals surface area contributed by atoms with Gasteiger partial charge in [-0.1, -0.05) is 13.8 Å². The number of benzene rings is 2. The summed E-state index contributed by atoms with van der Waals surface area (Å²) in [6, 6.07) is 11.6. The van der Waals surface area contributed by atoms with Crippen LogP contribution in [0.25, 0.3) is 6.08 Å². The molecule has 7 heteroatoms. The Morgan fingerprint density at radius 3 is 2.33 bits per heavy atom. The molecule has 0 saturated carbocycles. The molecule has 3 rings (SSSR count). The fourth-order valence-corrected chi connectivity index (χ4v) is 7.81.